The summed E-state index contributed by atoms with van der Waals surface area (Å²) in [6.07, 6.45) is 0.299. The number of amides is 1. The van der Waals surface area contributed by atoms with Crippen molar-refractivity contribution in [2.75, 3.05) is 6.54 Å². The number of benzene rings is 2. The second-order valence-corrected chi connectivity index (χ2v) is 4.80. The molecule has 0 aliphatic carbocycles. The van der Waals surface area contributed by atoms with E-state index in [0.717, 1.165) is 11.6 Å². The van der Waals surface area contributed by atoms with Gasteiger partial charge in [0.05, 0.1) is 5.56 Å². The minimum Gasteiger partial charge on any atom is -0.507 e. The first-order valence-electron chi connectivity index (χ1n) is 6.48. The largest absolute Gasteiger partial charge is 0.507 e. The van der Waals surface area contributed by atoms with E-state index in [1.54, 1.807) is 12.1 Å². The van der Waals surface area contributed by atoms with Crippen LogP contribution in [0.2, 0.25) is 0 Å². The molecule has 2 aromatic carbocycles. The molecular formula is C16H15F2NO2. The van der Waals surface area contributed by atoms with Gasteiger partial charge in [-0.15, -0.1) is 0 Å². The molecule has 0 radical (unpaired) electrons. The van der Waals surface area contributed by atoms with Crippen LogP contribution in [0.3, 0.4) is 0 Å². The van der Waals surface area contributed by atoms with Crippen molar-refractivity contribution < 1.29 is 18.7 Å². The van der Waals surface area contributed by atoms with Crippen molar-refractivity contribution >= 4 is 5.91 Å². The molecule has 0 saturated heterocycles. The number of aromatic hydroxyl groups is 1. The molecule has 0 aliphatic rings. The van der Waals surface area contributed by atoms with Gasteiger partial charge in [0.2, 0.25) is 0 Å². The Morgan fingerprint density at radius 3 is 2.48 bits per heavy atom. The van der Waals surface area contributed by atoms with Crippen LogP contribution in [-0.4, -0.2) is 17.6 Å². The molecule has 0 heterocycles. The van der Waals surface area contributed by atoms with Gasteiger partial charge in [-0.05, 0) is 43.2 Å². The van der Waals surface area contributed by atoms with Gasteiger partial charge in [-0.3, -0.25) is 4.79 Å². The van der Waals surface area contributed by atoms with Gasteiger partial charge in [-0.2, -0.15) is 0 Å². The van der Waals surface area contributed by atoms with Crippen LogP contribution in [0.5, 0.6) is 5.75 Å². The van der Waals surface area contributed by atoms with E-state index >= 15 is 0 Å². The maximum Gasteiger partial charge on any atom is 0.255 e. The van der Waals surface area contributed by atoms with Crippen LogP contribution in [0.25, 0.3) is 0 Å². The molecule has 21 heavy (non-hydrogen) atoms. The molecule has 1 amide bonds. The molecule has 0 saturated carbocycles. The van der Waals surface area contributed by atoms with Crippen LogP contribution in [0.4, 0.5) is 8.78 Å². The van der Waals surface area contributed by atoms with Crippen molar-refractivity contribution in [2.24, 2.45) is 0 Å². The summed E-state index contributed by atoms with van der Waals surface area (Å²) in [6.45, 7) is 2.03. The van der Waals surface area contributed by atoms with Crippen LogP contribution in [-0.2, 0) is 6.42 Å². The summed E-state index contributed by atoms with van der Waals surface area (Å²) in [7, 11) is 0. The Morgan fingerprint density at radius 1 is 1.14 bits per heavy atom. The molecule has 0 spiro atoms. The molecule has 110 valence electrons. The number of carbonyl (C=O) groups is 1. The zero-order valence-electron chi connectivity index (χ0n) is 11.5. The number of hydrogen-bond acceptors (Lipinski definition) is 2. The van der Waals surface area contributed by atoms with Gasteiger partial charge in [0.15, 0.2) is 0 Å². The lowest BCUT2D eigenvalue weighted by Gasteiger charge is -2.08. The van der Waals surface area contributed by atoms with Gasteiger partial charge in [0, 0.05) is 12.6 Å². The molecule has 0 bridgehead atoms. The highest BCUT2D eigenvalue weighted by Crippen LogP contribution is 2.17. The predicted molar refractivity (Wildman–Crippen MR) is 75.2 cm³/mol. The number of hydrogen-bond donors (Lipinski definition) is 2. The monoisotopic (exact) mass is 291 g/mol. The summed E-state index contributed by atoms with van der Waals surface area (Å²) in [4.78, 5) is 11.9. The molecule has 2 rings (SSSR count). The van der Waals surface area contributed by atoms with Crippen molar-refractivity contribution in [1.82, 2.24) is 5.32 Å². The van der Waals surface area contributed by atoms with Gasteiger partial charge < -0.3 is 10.4 Å². The third-order valence-electron chi connectivity index (χ3n) is 3.02. The Bertz CT molecular complexity index is 651. The smallest absolute Gasteiger partial charge is 0.255 e. The van der Waals surface area contributed by atoms with Crippen LogP contribution < -0.4 is 5.32 Å². The SMILES string of the molecule is Cc1ccc(O)c(C(=O)NCCc2cc(F)cc(F)c2)c1. The van der Waals surface area contributed by atoms with Crippen LogP contribution >= 0.6 is 0 Å². The second-order valence-electron chi connectivity index (χ2n) is 4.80. The van der Waals surface area contributed by atoms with Crippen LogP contribution in [0, 0.1) is 18.6 Å². The lowest BCUT2D eigenvalue weighted by atomic mass is 10.1. The first kappa shape index (κ1) is 15.0. The normalized spacial score (nSPS) is 10.4. The first-order chi connectivity index (χ1) is 9.95. The number of halogens is 2. The number of phenols is 1. The van der Waals surface area contributed by atoms with E-state index in [4.69, 9.17) is 0 Å². The van der Waals surface area contributed by atoms with Crippen molar-refractivity contribution in [2.45, 2.75) is 13.3 Å². The molecular weight excluding hydrogens is 276 g/mol. The molecule has 0 aliphatic heterocycles. The zero-order chi connectivity index (χ0) is 15.4. The third kappa shape index (κ3) is 4.02. The quantitative estimate of drug-likeness (QED) is 0.910. The Morgan fingerprint density at radius 2 is 1.81 bits per heavy atom. The van der Waals surface area contributed by atoms with Crippen molar-refractivity contribution in [1.29, 1.82) is 0 Å². The van der Waals surface area contributed by atoms with E-state index in [1.807, 2.05) is 6.92 Å². The van der Waals surface area contributed by atoms with Gasteiger partial charge in [0.25, 0.3) is 5.91 Å². The summed E-state index contributed by atoms with van der Waals surface area (Å²) in [5.41, 5.74) is 1.49. The van der Waals surface area contributed by atoms with E-state index < -0.39 is 17.5 Å². The van der Waals surface area contributed by atoms with E-state index in [-0.39, 0.29) is 17.9 Å². The van der Waals surface area contributed by atoms with Crippen molar-refractivity contribution in [3.05, 3.63) is 64.7 Å². The highest BCUT2D eigenvalue weighted by molar-refractivity contribution is 5.96. The first-order valence-corrected chi connectivity index (χ1v) is 6.48. The minimum absolute atomic E-state index is 0.102. The van der Waals surface area contributed by atoms with Gasteiger partial charge in [0.1, 0.15) is 17.4 Å². The molecule has 0 fully saturated rings. The molecule has 0 aromatic heterocycles. The highest BCUT2D eigenvalue weighted by Gasteiger charge is 2.10. The average molecular weight is 291 g/mol. The maximum atomic E-state index is 13.0. The molecule has 0 unspecified atom stereocenters. The fraction of sp³-hybridized carbons (Fsp3) is 0.188. The van der Waals surface area contributed by atoms with E-state index in [9.17, 15) is 18.7 Å². The fourth-order valence-corrected chi connectivity index (χ4v) is 2.00. The zero-order valence-corrected chi connectivity index (χ0v) is 11.5. The van der Waals surface area contributed by atoms with Crippen molar-refractivity contribution in [3.63, 3.8) is 0 Å². The van der Waals surface area contributed by atoms with Crippen molar-refractivity contribution in [3.8, 4) is 5.75 Å². The lowest BCUT2D eigenvalue weighted by molar-refractivity contribution is 0.0951. The fourth-order valence-electron chi connectivity index (χ4n) is 2.00. The Kier molecular flexibility index (Phi) is 4.52. The van der Waals surface area contributed by atoms with Gasteiger partial charge in [-0.1, -0.05) is 11.6 Å². The summed E-state index contributed by atoms with van der Waals surface area (Å²) >= 11 is 0. The Labute approximate surface area is 121 Å². The topological polar surface area (TPSA) is 49.3 Å². The van der Waals surface area contributed by atoms with Crippen LogP contribution in [0.1, 0.15) is 21.5 Å². The van der Waals surface area contributed by atoms with Crippen LogP contribution in [0.15, 0.2) is 36.4 Å². The van der Waals surface area contributed by atoms with Gasteiger partial charge in [-0.25, -0.2) is 8.78 Å². The lowest BCUT2D eigenvalue weighted by Crippen LogP contribution is -2.25. The summed E-state index contributed by atoms with van der Waals surface area (Å²) in [5.74, 6) is -1.82. The second kappa shape index (κ2) is 6.35. The Hall–Kier alpha value is -2.43. The highest BCUT2D eigenvalue weighted by atomic mass is 19.1. The average Bonchev–Trinajstić information content (AvgIpc) is 2.40. The minimum atomic E-state index is -0.646. The predicted octanol–water partition coefficient (Wildman–Crippen LogP) is 2.95. The number of phenolic OH excluding ortho intramolecular Hbond substituents is 1. The molecule has 5 heteroatoms. The number of nitrogens with one attached hydrogen (secondary N) is 1. The standard InChI is InChI=1S/C16H15F2NO2/c1-10-2-3-15(20)14(6-10)16(21)19-5-4-11-7-12(17)9-13(18)8-11/h2-3,6-9,20H,4-5H2,1H3,(H,19,21). The summed E-state index contributed by atoms with van der Waals surface area (Å²) < 4.78 is 26.0. The molecule has 3 nitrogen and oxygen atoms in total. The molecule has 2 aromatic rings. The summed E-state index contributed by atoms with van der Waals surface area (Å²) in [5, 5.41) is 12.2. The maximum absolute atomic E-state index is 13.0. The van der Waals surface area contributed by atoms with E-state index in [1.165, 1.54) is 18.2 Å². The van der Waals surface area contributed by atoms with E-state index in [2.05, 4.69) is 5.32 Å². The number of aryl methyl sites for hydroxylation is 1. The number of carbonyl (C=O) groups excluding carboxylic acids is 1. The van der Waals surface area contributed by atoms with E-state index in [0.29, 0.717) is 12.0 Å². The third-order valence-corrected chi connectivity index (χ3v) is 3.02. The van der Waals surface area contributed by atoms with Gasteiger partial charge >= 0.3 is 0 Å². The molecule has 0 atom stereocenters. The summed E-state index contributed by atoms with van der Waals surface area (Å²) in [6, 6.07) is 7.96. The molecule has 2 N–H and O–H groups in total. The number of rotatable bonds is 4. The Balaban J connectivity index is 1.96.